The molecule has 258 valence electrons. The molecule has 5 rings (SSSR count). The molecule has 1 N–H and O–H groups in total. The standard InChI is InChI=1S/C41H43N3O5S/c1-3-4-28-42-41(46)39(29-33-14-8-5-9-15-33)43(30-34-22-20-32(2)21-23-34)40(45)31-44(50(47,48)38-18-12-7-13-19-38)35-24-26-37(27-25-35)49-36-16-10-6-11-17-36/h5-27,39H,3-4,28-31H2,1-2H3,(H,42,46)/t39-/m0/s1. The van der Waals surface area contributed by atoms with Gasteiger partial charge in [0, 0.05) is 19.5 Å². The van der Waals surface area contributed by atoms with Gasteiger partial charge < -0.3 is 15.0 Å². The van der Waals surface area contributed by atoms with E-state index in [0.29, 0.717) is 18.0 Å². The monoisotopic (exact) mass is 689 g/mol. The number of unbranched alkanes of at least 4 members (excludes halogenated alkanes) is 1. The molecule has 0 heterocycles. The normalized spacial score (nSPS) is 11.7. The third-order valence-corrected chi connectivity index (χ3v) is 10.1. The van der Waals surface area contributed by atoms with E-state index in [4.69, 9.17) is 4.74 Å². The topological polar surface area (TPSA) is 96.0 Å². The van der Waals surface area contributed by atoms with Gasteiger partial charge in [-0.1, -0.05) is 110 Å². The van der Waals surface area contributed by atoms with Gasteiger partial charge in [-0.2, -0.15) is 0 Å². The van der Waals surface area contributed by atoms with Crippen LogP contribution in [0.5, 0.6) is 11.5 Å². The molecule has 9 heteroatoms. The van der Waals surface area contributed by atoms with E-state index in [0.717, 1.165) is 33.8 Å². The molecule has 8 nitrogen and oxygen atoms in total. The molecule has 50 heavy (non-hydrogen) atoms. The van der Waals surface area contributed by atoms with Crippen molar-refractivity contribution in [3.05, 3.63) is 156 Å². The van der Waals surface area contributed by atoms with Crippen LogP contribution in [-0.4, -0.2) is 44.3 Å². The molecule has 2 amide bonds. The van der Waals surface area contributed by atoms with Gasteiger partial charge in [0.15, 0.2) is 0 Å². The lowest BCUT2D eigenvalue weighted by atomic mass is 10.0. The van der Waals surface area contributed by atoms with E-state index in [9.17, 15) is 18.0 Å². The zero-order chi connectivity index (χ0) is 35.3. The number of hydrogen-bond donors (Lipinski definition) is 1. The summed E-state index contributed by atoms with van der Waals surface area (Å²) < 4.78 is 35.6. The first-order chi connectivity index (χ1) is 24.2. The van der Waals surface area contributed by atoms with Crippen molar-refractivity contribution >= 4 is 27.5 Å². The predicted molar refractivity (Wildman–Crippen MR) is 198 cm³/mol. The van der Waals surface area contributed by atoms with E-state index in [2.05, 4.69) is 5.32 Å². The van der Waals surface area contributed by atoms with E-state index in [-0.39, 0.29) is 29.5 Å². The maximum atomic E-state index is 14.7. The quantitative estimate of drug-likeness (QED) is 0.108. The molecule has 5 aromatic rings. The average Bonchev–Trinajstić information content (AvgIpc) is 3.14. The van der Waals surface area contributed by atoms with Crippen molar-refractivity contribution in [1.29, 1.82) is 0 Å². The average molecular weight is 690 g/mol. The highest BCUT2D eigenvalue weighted by atomic mass is 32.2. The van der Waals surface area contributed by atoms with Crippen molar-refractivity contribution in [3.8, 4) is 11.5 Å². The van der Waals surface area contributed by atoms with Crippen LogP contribution in [-0.2, 0) is 32.6 Å². The van der Waals surface area contributed by atoms with Crippen LogP contribution >= 0.6 is 0 Å². The number of nitrogens with zero attached hydrogens (tertiary/aromatic N) is 2. The third-order valence-electron chi connectivity index (χ3n) is 8.29. The van der Waals surface area contributed by atoms with Gasteiger partial charge in [0.25, 0.3) is 10.0 Å². The Balaban J connectivity index is 1.53. The number of hydrogen-bond acceptors (Lipinski definition) is 5. The summed E-state index contributed by atoms with van der Waals surface area (Å²) in [4.78, 5) is 30.1. The van der Waals surface area contributed by atoms with Gasteiger partial charge in [-0.05, 0) is 73.0 Å². The van der Waals surface area contributed by atoms with Gasteiger partial charge in [-0.3, -0.25) is 13.9 Å². The molecular formula is C41H43N3O5S. The second-order valence-electron chi connectivity index (χ2n) is 12.1. The van der Waals surface area contributed by atoms with E-state index in [1.54, 1.807) is 42.5 Å². The molecule has 1 atom stereocenters. The first-order valence-electron chi connectivity index (χ1n) is 16.8. The lowest BCUT2D eigenvalue weighted by Gasteiger charge is -2.34. The number of amides is 2. The Morgan fingerprint density at radius 2 is 1.30 bits per heavy atom. The Labute approximate surface area is 295 Å². The summed E-state index contributed by atoms with van der Waals surface area (Å²) in [5.41, 5.74) is 3.05. The Hall–Kier alpha value is -5.41. The number of carbonyl (C=O) groups excluding carboxylic acids is 2. The second kappa shape index (κ2) is 17.3. The number of benzene rings is 5. The molecule has 0 bridgehead atoms. The number of para-hydroxylation sites is 1. The van der Waals surface area contributed by atoms with Crippen LogP contribution in [0.4, 0.5) is 5.69 Å². The molecule has 0 unspecified atom stereocenters. The predicted octanol–water partition coefficient (Wildman–Crippen LogP) is 7.54. The molecule has 0 saturated carbocycles. The van der Waals surface area contributed by atoms with Crippen LogP contribution in [0.25, 0.3) is 0 Å². The molecule has 0 fully saturated rings. The molecule has 0 saturated heterocycles. The minimum atomic E-state index is -4.21. The van der Waals surface area contributed by atoms with Crippen LogP contribution in [0.3, 0.4) is 0 Å². The second-order valence-corrected chi connectivity index (χ2v) is 14.0. The van der Waals surface area contributed by atoms with Crippen LogP contribution in [0.1, 0.15) is 36.5 Å². The number of nitrogens with one attached hydrogen (secondary N) is 1. The lowest BCUT2D eigenvalue weighted by molar-refractivity contribution is -0.140. The molecule has 0 aliphatic carbocycles. The lowest BCUT2D eigenvalue weighted by Crippen LogP contribution is -2.53. The van der Waals surface area contributed by atoms with Crippen molar-refractivity contribution in [1.82, 2.24) is 10.2 Å². The highest BCUT2D eigenvalue weighted by Gasteiger charge is 2.34. The summed E-state index contributed by atoms with van der Waals surface area (Å²) in [5, 5.41) is 3.02. The van der Waals surface area contributed by atoms with Crippen molar-refractivity contribution in [2.45, 2.75) is 50.6 Å². The number of anilines is 1. The van der Waals surface area contributed by atoms with Gasteiger partial charge in [-0.15, -0.1) is 0 Å². The number of aryl methyl sites for hydroxylation is 1. The van der Waals surface area contributed by atoms with E-state index >= 15 is 0 Å². The van der Waals surface area contributed by atoms with Crippen molar-refractivity contribution < 1.29 is 22.7 Å². The van der Waals surface area contributed by atoms with Crippen LogP contribution in [0, 0.1) is 6.92 Å². The fourth-order valence-corrected chi connectivity index (χ4v) is 6.94. The molecule has 0 aromatic heterocycles. The summed E-state index contributed by atoms with van der Waals surface area (Å²) in [5.74, 6) is 0.345. The molecule has 0 aliphatic rings. The van der Waals surface area contributed by atoms with E-state index < -0.39 is 28.5 Å². The highest BCUT2D eigenvalue weighted by molar-refractivity contribution is 7.92. The number of ether oxygens (including phenoxy) is 1. The molecule has 5 aromatic carbocycles. The summed E-state index contributed by atoms with van der Waals surface area (Å²) in [6.45, 7) is 4.08. The largest absolute Gasteiger partial charge is 0.457 e. The van der Waals surface area contributed by atoms with Crippen molar-refractivity contribution in [2.75, 3.05) is 17.4 Å². The third kappa shape index (κ3) is 9.60. The molecular weight excluding hydrogens is 647 g/mol. The first-order valence-corrected chi connectivity index (χ1v) is 18.3. The van der Waals surface area contributed by atoms with Crippen molar-refractivity contribution in [2.24, 2.45) is 0 Å². The van der Waals surface area contributed by atoms with Gasteiger partial charge in [0.05, 0.1) is 10.6 Å². The van der Waals surface area contributed by atoms with Crippen molar-refractivity contribution in [3.63, 3.8) is 0 Å². The van der Waals surface area contributed by atoms with E-state index in [1.807, 2.05) is 98.8 Å². The Morgan fingerprint density at radius 1 is 0.720 bits per heavy atom. The van der Waals surface area contributed by atoms with Crippen LogP contribution in [0.2, 0.25) is 0 Å². The Bertz CT molecular complexity index is 1920. The van der Waals surface area contributed by atoms with Gasteiger partial charge >= 0.3 is 0 Å². The van der Waals surface area contributed by atoms with Crippen LogP contribution in [0.15, 0.2) is 144 Å². The summed E-state index contributed by atoms with van der Waals surface area (Å²) in [7, 11) is -4.21. The maximum absolute atomic E-state index is 14.7. The molecule has 0 radical (unpaired) electrons. The minimum Gasteiger partial charge on any atom is -0.457 e. The number of carbonyl (C=O) groups is 2. The van der Waals surface area contributed by atoms with E-state index in [1.165, 1.54) is 17.0 Å². The fourth-order valence-electron chi connectivity index (χ4n) is 5.50. The first kappa shape index (κ1) is 35.9. The summed E-state index contributed by atoms with van der Waals surface area (Å²) in [6, 6.07) is 40.3. The summed E-state index contributed by atoms with van der Waals surface area (Å²) in [6.07, 6.45) is 1.95. The molecule has 0 aliphatic heterocycles. The zero-order valence-corrected chi connectivity index (χ0v) is 29.3. The highest BCUT2D eigenvalue weighted by Crippen LogP contribution is 2.29. The number of sulfonamides is 1. The SMILES string of the molecule is CCCCNC(=O)[C@H](Cc1ccccc1)N(Cc1ccc(C)cc1)C(=O)CN(c1ccc(Oc2ccccc2)cc1)S(=O)(=O)c1ccccc1. The Morgan fingerprint density at radius 3 is 1.92 bits per heavy atom. The number of rotatable bonds is 16. The fraction of sp³-hybridized carbons (Fsp3) is 0.220. The van der Waals surface area contributed by atoms with Gasteiger partial charge in [-0.25, -0.2) is 8.42 Å². The van der Waals surface area contributed by atoms with Crippen LogP contribution < -0.4 is 14.4 Å². The summed E-state index contributed by atoms with van der Waals surface area (Å²) >= 11 is 0. The Kier molecular flexibility index (Phi) is 12.4. The zero-order valence-electron chi connectivity index (χ0n) is 28.4. The maximum Gasteiger partial charge on any atom is 0.264 e. The smallest absolute Gasteiger partial charge is 0.264 e. The van der Waals surface area contributed by atoms with Gasteiger partial charge in [0.1, 0.15) is 24.1 Å². The molecule has 0 spiro atoms. The minimum absolute atomic E-state index is 0.0423. The van der Waals surface area contributed by atoms with Gasteiger partial charge in [0.2, 0.25) is 11.8 Å².